The second-order valence-electron chi connectivity index (χ2n) is 4.24. The lowest BCUT2D eigenvalue weighted by atomic mass is 10.2. The van der Waals surface area contributed by atoms with Gasteiger partial charge in [-0.2, -0.15) is 0 Å². The number of likely N-dealkylation sites (tertiary alicyclic amines) is 1. The van der Waals surface area contributed by atoms with Crippen molar-refractivity contribution in [3.63, 3.8) is 0 Å². The van der Waals surface area contributed by atoms with Gasteiger partial charge < -0.3 is 9.84 Å². The zero-order chi connectivity index (χ0) is 14.7. The predicted octanol–water partition coefficient (Wildman–Crippen LogP) is 1.68. The maximum absolute atomic E-state index is 11.4. The third kappa shape index (κ3) is 3.16. The van der Waals surface area contributed by atoms with Crippen LogP contribution in [0.2, 0.25) is 0 Å². The molecule has 1 aromatic carbocycles. The smallest absolute Gasteiger partial charge is 0.335 e. The quantitative estimate of drug-likeness (QED) is 0.823. The maximum atomic E-state index is 11.4. The lowest BCUT2D eigenvalue weighted by molar-refractivity contribution is -0.138. The van der Waals surface area contributed by atoms with Crippen LogP contribution in [-0.4, -0.2) is 40.9 Å². The first-order chi connectivity index (χ1) is 9.49. The van der Waals surface area contributed by atoms with Gasteiger partial charge in [-0.1, -0.05) is 0 Å². The first kappa shape index (κ1) is 14.5. The first-order valence-corrected chi connectivity index (χ1v) is 6.77. The molecule has 7 heteroatoms. The lowest BCUT2D eigenvalue weighted by Crippen LogP contribution is -2.33. The number of hydrogen-bond donors (Lipinski definition) is 1. The van der Waals surface area contributed by atoms with Crippen molar-refractivity contribution in [2.75, 3.05) is 13.2 Å². The largest absolute Gasteiger partial charge is 0.491 e. The highest BCUT2D eigenvalue weighted by molar-refractivity contribution is 9.10. The number of carbonyl (C=O) groups excluding carboxylic acids is 2. The molecule has 2 amide bonds. The zero-order valence-corrected chi connectivity index (χ0v) is 12.1. The number of carboxylic acids is 1. The molecular weight excluding hydrogens is 330 g/mol. The summed E-state index contributed by atoms with van der Waals surface area (Å²) >= 11 is 3.25. The molecule has 1 aromatic rings. The molecule has 0 saturated carbocycles. The standard InChI is InChI=1S/C13H12BrNO5/c14-9-2-1-8(13(18)19)7-10(9)20-6-5-15-11(16)3-4-12(15)17/h1-2,7H,3-6H2,(H,18,19). The number of amides is 2. The van der Waals surface area contributed by atoms with Gasteiger partial charge in [0.15, 0.2) is 0 Å². The molecule has 0 atom stereocenters. The van der Waals surface area contributed by atoms with Gasteiger partial charge in [0.25, 0.3) is 0 Å². The lowest BCUT2D eigenvalue weighted by Gasteiger charge is -2.15. The van der Waals surface area contributed by atoms with Gasteiger partial charge in [-0.15, -0.1) is 0 Å². The number of nitrogens with zero attached hydrogens (tertiary/aromatic N) is 1. The number of rotatable bonds is 5. The van der Waals surface area contributed by atoms with E-state index in [0.29, 0.717) is 10.2 Å². The van der Waals surface area contributed by atoms with Crippen molar-refractivity contribution in [1.82, 2.24) is 4.90 Å². The van der Waals surface area contributed by atoms with Crippen LogP contribution in [0.4, 0.5) is 0 Å². The van der Waals surface area contributed by atoms with E-state index in [2.05, 4.69) is 15.9 Å². The number of benzene rings is 1. The highest BCUT2D eigenvalue weighted by atomic mass is 79.9. The average Bonchev–Trinajstić information content (AvgIpc) is 2.72. The Labute approximate surface area is 123 Å². The number of carbonyl (C=O) groups is 3. The molecule has 0 aromatic heterocycles. The van der Waals surface area contributed by atoms with Crippen LogP contribution < -0.4 is 4.74 Å². The molecule has 1 aliphatic heterocycles. The molecule has 0 unspecified atom stereocenters. The van der Waals surface area contributed by atoms with E-state index in [1.54, 1.807) is 6.07 Å². The molecule has 0 spiro atoms. The molecule has 0 aliphatic carbocycles. The summed E-state index contributed by atoms with van der Waals surface area (Å²) in [5.74, 6) is -1.08. The summed E-state index contributed by atoms with van der Waals surface area (Å²) in [7, 11) is 0. The van der Waals surface area contributed by atoms with Crippen molar-refractivity contribution < 1.29 is 24.2 Å². The Balaban J connectivity index is 1.97. The predicted molar refractivity (Wildman–Crippen MR) is 72.6 cm³/mol. The van der Waals surface area contributed by atoms with Crippen LogP contribution in [0.15, 0.2) is 22.7 Å². The van der Waals surface area contributed by atoms with E-state index in [4.69, 9.17) is 9.84 Å². The van der Waals surface area contributed by atoms with E-state index in [0.717, 1.165) is 4.90 Å². The van der Waals surface area contributed by atoms with Crippen LogP contribution >= 0.6 is 15.9 Å². The minimum Gasteiger partial charge on any atom is -0.491 e. The fourth-order valence-electron chi connectivity index (χ4n) is 1.87. The van der Waals surface area contributed by atoms with Gasteiger partial charge in [0, 0.05) is 12.8 Å². The van der Waals surface area contributed by atoms with Gasteiger partial charge >= 0.3 is 5.97 Å². The Kier molecular flexibility index (Phi) is 4.39. The van der Waals surface area contributed by atoms with Crippen molar-refractivity contribution >= 4 is 33.7 Å². The maximum Gasteiger partial charge on any atom is 0.335 e. The van der Waals surface area contributed by atoms with Crippen molar-refractivity contribution in [1.29, 1.82) is 0 Å². The molecule has 1 aliphatic rings. The van der Waals surface area contributed by atoms with E-state index in [9.17, 15) is 14.4 Å². The van der Waals surface area contributed by atoms with Gasteiger partial charge in [-0.05, 0) is 34.1 Å². The SMILES string of the molecule is O=C(O)c1ccc(Br)c(OCCN2C(=O)CCC2=O)c1. The summed E-state index contributed by atoms with van der Waals surface area (Å²) in [6, 6.07) is 4.41. The number of halogens is 1. The minimum atomic E-state index is -1.05. The minimum absolute atomic E-state index is 0.108. The summed E-state index contributed by atoms with van der Waals surface area (Å²) in [6.45, 7) is 0.292. The Morgan fingerprint density at radius 1 is 1.30 bits per heavy atom. The number of ether oxygens (including phenoxy) is 1. The number of imide groups is 1. The molecule has 1 saturated heterocycles. The molecule has 106 valence electrons. The monoisotopic (exact) mass is 341 g/mol. The summed E-state index contributed by atoms with van der Waals surface area (Å²) < 4.78 is 6.04. The van der Waals surface area contributed by atoms with Crippen LogP contribution in [0.25, 0.3) is 0 Å². The van der Waals surface area contributed by atoms with Crippen molar-refractivity contribution in [3.05, 3.63) is 28.2 Å². The third-order valence-corrected chi connectivity index (χ3v) is 3.56. The normalized spacial score (nSPS) is 14.8. The van der Waals surface area contributed by atoms with E-state index in [-0.39, 0.29) is 43.4 Å². The summed E-state index contributed by atoms with van der Waals surface area (Å²) in [6.07, 6.45) is 0.494. The molecule has 1 heterocycles. The fraction of sp³-hybridized carbons (Fsp3) is 0.308. The van der Waals surface area contributed by atoms with Crippen LogP contribution in [-0.2, 0) is 9.59 Å². The van der Waals surface area contributed by atoms with Crippen LogP contribution in [0.3, 0.4) is 0 Å². The summed E-state index contributed by atoms with van der Waals surface area (Å²) in [5.41, 5.74) is 0.108. The highest BCUT2D eigenvalue weighted by Gasteiger charge is 2.28. The Morgan fingerprint density at radius 3 is 2.55 bits per heavy atom. The Hall–Kier alpha value is -1.89. The van der Waals surface area contributed by atoms with E-state index in [1.165, 1.54) is 12.1 Å². The molecule has 0 bridgehead atoms. The van der Waals surface area contributed by atoms with Crippen LogP contribution in [0.5, 0.6) is 5.75 Å². The second-order valence-corrected chi connectivity index (χ2v) is 5.09. The highest BCUT2D eigenvalue weighted by Crippen LogP contribution is 2.26. The number of carboxylic acid groups (broad SMARTS) is 1. The van der Waals surface area contributed by atoms with Gasteiger partial charge in [0.2, 0.25) is 11.8 Å². The van der Waals surface area contributed by atoms with Crippen molar-refractivity contribution in [2.24, 2.45) is 0 Å². The molecule has 2 rings (SSSR count). The van der Waals surface area contributed by atoms with E-state index in [1.807, 2.05) is 0 Å². The number of hydrogen-bond acceptors (Lipinski definition) is 4. The molecule has 0 radical (unpaired) electrons. The summed E-state index contributed by atoms with van der Waals surface area (Å²) in [4.78, 5) is 34.8. The third-order valence-electron chi connectivity index (χ3n) is 2.91. The van der Waals surface area contributed by atoms with Crippen LogP contribution in [0.1, 0.15) is 23.2 Å². The Bertz CT molecular complexity index is 556. The molecule has 1 fully saturated rings. The van der Waals surface area contributed by atoms with E-state index < -0.39 is 5.97 Å². The van der Waals surface area contributed by atoms with Gasteiger partial charge in [-0.3, -0.25) is 14.5 Å². The second kappa shape index (κ2) is 6.04. The summed E-state index contributed by atoms with van der Waals surface area (Å²) in [5, 5.41) is 8.90. The topological polar surface area (TPSA) is 83.9 Å². The first-order valence-electron chi connectivity index (χ1n) is 5.98. The Morgan fingerprint density at radius 2 is 1.95 bits per heavy atom. The molecule has 1 N–H and O–H groups in total. The van der Waals surface area contributed by atoms with Crippen LogP contribution in [0, 0.1) is 0 Å². The van der Waals surface area contributed by atoms with Crippen molar-refractivity contribution in [3.8, 4) is 5.75 Å². The van der Waals surface area contributed by atoms with Crippen molar-refractivity contribution in [2.45, 2.75) is 12.8 Å². The van der Waals surface area contributed by atoms with E-state index >= 15 is 0 Å². The number of aromatic carboxylic acids is 1. The van der Waals surface area contributed by atoms with Gasteiger partial charge in [0.05, 0.1) is 16.6 Å². The molecule has 6 nitrogen and oxygen atoms in total. The fourth-order valence-corrected chi connectivity index (χ4v) is 2.23. The van der Waals surface area contributed by atoms with Gasteiger partial charge in [-0.25, -0.2) is 4.79 Å². The molecule has 20 heavy (non-hydrogen) atoms. The molecular formula is C13H12BrNO5. The average molecular weight is 342 g/mol. The van der Waals surface area contributed by atoms with Gasteiger partial charge in [0.1, 0.15) is 12.4 Å². The zero-order valence-electron chi connectivity index (χ0n) is 10.5.